The average molecular weight is 308 g/mol. The van der Waals surface area contributed by atoms with Crippen molar-refractivity contribution in [2.24, 2.45) is 0 Å². The van der Waals surface area contributed by atoms with Crippen LogP contribution in [0.15, 0.2) is 24.4 Å². The van der Waals surface area contributed by atoms with Gasteiger partial charge in [0.2, 0.25) is 0 Å². The van der Waals surface area contributed by atoms with E-state index in [4.69, 9.17) is 4.74 Å². The first-order valence-electron chi connectivity index (χ1n) is 7.23. The fourth-order valence-electron chi connectivity index (χ4n) is 2.79. The highest BCUT2D eigenvalue weighted by atomic mass is 32.2. The van der Waals surface area contributed by atoms with Crippen LogP contribution in [0.25, 0.3) is 10.9 Å². The summed E-state index contributed by atoms with van der Waals surface area (Å²) in [7, 11) is -2.37. The molecule has 0 bridgehead atoms. The van der Waals surface area contributed by atoms with Gasteiger partial charge in [-0.15, -0.1) is 0 Å². The summed E-state index contributed by atoms with van der Waals surface area (Å²) in [4.78, 5) is 5.66. The predicted octanol–water partition coefficient (Wildman–Crippen LogP) is 1.15. The van der Waals surface area contributed by atoms with Crippen LogP contribution < -0.4 is 0 Å². The highest BCUT2D eigenvalue weighted by Gasteiger charge is 2.11. The normalized spacial score (nSPS) is 16.8. The summed E-state index contributed by atoms with van der Waals surface area (Å²) >= 11 is 0. The highest BCUT2D eigenvalue weighted by Crippen LogP contribution is 2.21. The first-order valence-corrected chi connectivity index (χ1v) is 8.59. The minimum atomic E-state index is -2.37. The van der Waals surface area contributed by atoms with Crippen LogP contribution in [0.1, 0.15) is 11.1 Å². The molecule has 1 fully saturated rings. The number of benzene rings is 1. The lowest BCUT2D eigenvalue weighted by Crippen LogP contribution is -2.37. The van der Waals surface area contributed by atoms with Gasteiger partial charge >= 0.3 is 0 Å². The fourth-order valence-corrected chi connectivity index (χ4v) is 3.29. The maximum absolute atomic E-state index is 10.8. The minimum Gasteiger partial charge on any atom is -0.379 e. The molecule has 3 rings (SSSR count). The first-order chi connectivity index (χ1) is 10.2. The maximum atomic E-state index is 10.8. The quantitative estimate of drug-likeness (QED) is 0.814. The molecule has 0 unspecified atom stereocenters. The molecular formula is C15H20N2O3S. The van der Waals surface area contributed by atoms with Gasteiger partial charge in [0.1, 0.15) is 10.7 Å². The van der Waals surface area contributed by atoms with Gasteiger partial charge in [0.15, 0.2) is 0 Å². The molecule has 0 aliphatic carbocycles. The van der Waals surface area contributed by atoms with Gasteiger partial charge in [-0.2, -0.15) is 0 Å². The zero-order valence-corrected chi connectivity index (χ0v) is 12.8. The number of rotatable bonds is 5. The van der Waals surface area contributed by atoms with Gasteiger partial charge in [-0.25, -0.2) is 8.42 Å². The summed E-state index contributed by atoms with van der Waals surface area (Å²) in [6.45, 7) is 4.69. The Labute approximate surface area is 125 Å². The van der Waals surface area contributed by atoms with E-state index in [1.165, 1.54) is 10.9 Å². The lowest BCUT2D eigenvalue weighted by molar-refractivity contribution is 0.0385. The molecule has 0 saturated carbocycles. The molecule has 0 atom stereocenters. The van der Waals surface area contributed by atoms with Crippen LogP contribution in [0, 0.1) is 0 Å². The molecule has 1 N–H and O–H groups in total. The number of hydrogen-bond acceptors (Lipinski definition) is 4. The largest absolute Gasteiger partial charge is 0.379 e. The highest BCUT2D eigenvalue weighted by molar-refractivity contribution is 7.71. The van der Waals surface area contributed by atoms with Gasteiger partial charge in [0, 0.05) is 36.7 Å². The molecule has 1 aliphatic rings. The Hall–Kier alpha value is -1.37. The number of nitrogens with one attached hydrogen (secondary N) is 1. The van der Waals surface area contributed by atoms with Crippen LogP contribution in [0.4, 0.5) is 0 Å². The molecule has 2 aromatic rings. The van der Waals surface area contributed by atoms with Crippen molar-refractivity contribution in [3.05, 3.63) is 35.5 Å². The smallest absolute Gasteiger partial charge is 0.144 e. The maximum Gasteiger partial charge on any atom is 0.144 e. The van der Waals surface area contributed by atoms with Crippen molar-refractivity contribution < 1.29 is 13.2 Å². The van der Waals surface area contributed by atoms with E-state index in [0.717, 1.165) is 50.3 Å². The Bertz CT molecular complexity index is 679. The second-order valence-corrected chi connectivity index (χ2v) is 6.37. The Morgan fingerprint density at radius 1 is 1.24 bits per heavy atom. The molecule has 1 aliphatic heterocycles. The fraction of sp³-hybridized carbons (Fsp3) is 0.467. The number of hydrogen-bond donors (Lipinski definition) is 2. The topological polar surface area (TPSA) is 62.4 Å². The van der Waals surface area contributed by atoms with E-state index >= 15 is 0 Å². The third-order valence-electron chi connectivity index (χ3n) is 3.94. The van der Waals surface area contributed by atoms with Gasteiger partial charge in [-0.05, 0) is 23.6 Å². The lowest BCUT2D eigenvalue weighted by Gasteiger charge is -2.26. The van der Waals surface area contributed by atoms with Crippen LogP contribution in [0.3, 0.4) is 0 Å². The number of morpholine rings is 1. The average Bonchev–Trinajstić information content (AvgIpc) is 2.88. The lowest BCUT2D eigenvalue weighted by atomic mass is 10.1. The molecule has 114 valence electrons. The molecule has 5 nitrogen and oxygen atoms in total. The number of aromatic nitrogens is 1. The molecule has 6 heteroatoms. The van der Waals surface area contributed by atoms with E-state index in [1.54, 1.807) is 0 Å². The second-order valence-electron chi connectivity index (χ2n) is 5.39. The Morgan fingerprint density at radius 3 is 2.81 bits per heavy atom. The first kappa shape index (κ1) is 14.6. The summed E-state index contributed by atoms with van der Waals surface area (Å²) in [5, 5.41) is 1.19. The van der Waals surface area contributed by atoms with Crippen molar-refractivity contribution in [1.82, 2.24) is 9.88 Å². The van der Waals surface area contributed by atoms with Crippen LogP contribution in [-0.2, 0) is 27.6 Å². The van der Waals surface area contributed by atoms with Crippen molar-refractivity contribution in [3.8, 4) is 0 Å². The number of thiol groups is 1. The third-order valence-corrected chi connectivity index (χ3v) is 4.57. The van der Waals surface area contributed by atoms with Crippen molar-refractivity contribution in [2.75, 3.05) is 32.8 Å². The standard InChI is InChI=1S/C15H20N2O3S/c18-21(19)11-12-1-2-14-13(10-16-15(14)9-12)3-4-17-5-7-20-8-6-17/h1-2,9-10,16,21H,3-8,11H2. The zero-order chi connectivity index (χ0) is 14.7. The van der Waals surface area contributed by atoms with Gasteiger partial charge in [-0.3, -0.25) is 4.90 Å². The molecule has 0 amide bonds. The van der Waals surface area contributed by atoms with E-state index in [-0.39, 0.29) is 5.75 Å². The number of fused-ring (bicyclic) bond motifs is 1. The monoisotopic (exact) mass is 308 g/mol. The Kier molecular flexibility index (Phi) is 4.57. The van der Waals surface area contributed by atoms with Gasteiger partial charge in [0.25, 0.3) is 0 Å². The van der Waals surface area contributed by atoms with Crippen LogP contribution in [0.5, 0.6) is 0 Å². The molecule has 21 heavy (non-hydrogen) atoms. The van der Waals surface area contributed by atoms with Crippen molar-refractivity contribution in [3.63, 3.8) is 0 Å². The summed E-state index contributed by atoms with van der Waals surface area (Å²) in [6.07, 6.45) is 3.03. The van der Waals surface area contributed by atoms with Crippen LogP contribution in [0.2, 0.25) is 0 Å². The molecular weight excluding hydrogens is 288 g/mol. The molecule has 1 aromatic heterocycles. The molecule has 1 saturated heterocycles. The van der Waals surface area contributed by atoms with E-state index in [0.29, 0.717) is 0 Å². The summed E-state index contributed by atoms with van der Waals surface area (Å²) in [5.41, 5.74) is 3.14. The van der Waals surface area contributed by atoms with Crippen molar-refractivity contribution >= 4 is 21.6 Å². The Balaban J connectivity index is 1.71. The van der Waals surface area contributed by atoms with Crippen molar-refractivity contribution in [2.45, 2.75) is 12.2 Å². The van der Waals surface area contributed by atoms with Crippen LogP contribution in [-0.4, -0.2) is 51.1 Å². The predicted molar refractivity (Wildman–Crippen MR) is 83.3 cm³/mol. The van der Waals surface area contributed by atoms with Gasteiger partial charge in [-0.1, -0.05) is 12.1 Å². The number of H-pyrrole nitrogens is 1. The van der Waals surface area contributed by atoms with Gasteiger partial charge in [0.05, 0.1) is 19.0 Å². The van der Waals surface area contributed by atoms with E-state index in [1.807, 2.05) is 24.4 Å². The number of ether oxygens (including phenoxy) is 1. The molecule has 0 spiro atoms. The number of aromatic amines is 1. The Morgan fingerprint density at radius 2 is 2.05 bits per heavy atom. The van der Waals surface area contributed by atoms with Crippen LogP contribution >= 0.6 is 0 Å². The summed E-state index contributed by atoms with van der Waals surface area (Å²) in [6, 6.07) is 5.85. The number of nitrogens with zero attached hydrogens (tertiary/aromatic N) is 1. The third kappa shape index (κ3) is 3.64. The molecule has 2 heterocycles. The van der Waals surface area contributed by atoms with E-state index < -0.39 is 10.7 Å². The molecule has 0 radical (unpaired) electrons. The summed E-state index contributed by atoms with van der Waals surface area (Å²) < 4.78 is 27.0. The zero-order valence-electron chi connectivity index (χ0n) is 11.9. The minimum absolute atomic E-state index is 0.105. The van der Waals surface area contributed by atoms with Crippen molar-refractivity contribution in [1.29, 1.82) is 0 Å². The molecule has 1 aromatic carbocycles. The van der Waals surface area contributed by atoms with E-state index in [2.05, 4.69) is 9.88 Å². The second kappa shape index (κ2) is 6.60. The summed E-state index contributed by atoms with van der Waals surface area (Å²) in [5.74, 6) is 0.105. The van der Waals surface area contributed by atoms with Gasteiger partial charge < -0.3 is 9.72 Å². The van der Waals surface area contributed by atoms with E-state index in [9.17, 15) is 8.42 Å². The SMILES string of the molecule is O=[SH](=O)Cc1ccc2c(CCN3CCOCC3)c[nH]c2c1.